The lowest BCUT2D eigenvalue weighted by molar-refractivity contribution is -0.129. The fourth-order valence-electron chi connectivity index (χ4n) is 2.76. The molecule has 0 spiro atoms. The zero-order chi connectivity index (χ0) is 16.3. The van der Waals surface area contributed by atoms with E-state index < -0.39 is 0 Å². The average Bonchev–Trinajstić information content (AvgIpc) is 2.87. The van der Waals surface area contributed by atoms with Crippen LogP contribution in [0.2, 0.25) is 0 Å². The molecule has 22 heavy (non-hydrogen) atoms. The minimum absolute atomic E-state index is 0.0237. The second-order valence-electron chi connectivity index (χ2n) is 6.65. The van der Waals surface area contributed by atoms with Crippen LogP contribution in [0.25, 0.3) is 0 Å². The predicted octanol–water partition coefficient (Wildman–Crippen LogP) is 2.68. The monoisotopic (exact) mass is 302 g/mol. The van der Waals surface area contributed by atoms with Crippen LogP contribution in [0.15, 0.2) is 24.3 Å². The second-order valence-corrected chi connectivity index (χ2v) is 6.65. The van der Waals surface area contributed by atoms with Crippen molar-refractivity contribution in [2.45, 2.75) is 52.6 Å². The first-order valence-corrected chi connectivity index (χ1v) is 8.04. The van der Waals surface area contributed by atoms with Crippen molar-refractivity contribution in [2.75, 3.05) is 6.54 Å². The first-order valence-electron chi connectivity index (χ1n) is 8.04. The maximum Gasteiger partial charge on any atom is 0.225 e. The topological polar surface area (TPSA) is 49.4 Å². The van der Waals surface area contributed by atoms with Crippen LogP contribution in [0, 0.1) is 5.92 Å². The highest BCUT2D eigenvalue weighted by atomic mass is 16.2. The van der Waals surface area contributed by atoms with Crippen LogP contribution >= 0.6 is 0 Å². The van der Waals surface area contributed by atoms with E-state index in [-0.39, 0.29) is 23.8 Å². The van der Waals surface area contributed by atoms with Gasteiger partial charge < -0.3 is 10.2 Å². The summed E-state index contributed by atoms with van der Waals surface area (Å²) in [5.74, 6) is 0.348. The highest BCUT2D eigenvalue weighted by Crippen LogP contribution is 2.20. The molecular formula is C18H26N2O2. The second kappa shape index (κ2) is 6.95. The maximum atomic E-state index is 12.2. The summed E-state index contributed by atoms with van der Waals surface area (Å²) < 4.78 is 0. The standard InChI is InChI=1S/C18H26N2O2/c1-12(2)15-7-5-14(6-8-15)10-19-18(22)16-9-17(21)20(11-16)13(3)4/h5-8,12-13,16H,9-11H2,1-4H3,(H,19,22)/t16-/m1/s1. The van der Waals surface area contributed by atoms with Crippen LogP contribution < -0.4 is 5.32 Å². The van der Waals surface area contributed by atoms with Crippen molar-refractivity contribution in [1.29, 1.82) is 0 Å². The van der Waals surface area contributed by atoms with Gasteiger partial charge in [0.25, 0.3) is 0 Å². The van der Waals surface area contributed by atoms with Gasteiger partial charge in [0.2, 0.25) is 11.8 Å². The first-order chi connectivity index (χ1) is 10.4. The van der Waals surface area contributed by atoms with Gasteiger partial charge in [0.1, 0.15) is 0 Å². The Balaban J connectivity index is 1.87. The van der Waals surface area contributed by atoms with E-state index in [0.717, 1.165) is 5.56 Å². The number of carbonyl (C=O) groups excluding carboxylic acids is 2. The molecule has 1 saturated heterocycles. The van der Waals surface area contributed by atoms with Crippen molar-refractivity contribution in [3.63, 3.8) is 0 Å². The van der Waals surface area contributed by atoms with Crippen LogP contribution in [0.3, 0.4) is 0 Å². The number of nitrogens with zero attached hydrogens (tertiary/aromatic N) is 1. The smallest absolute Gasteiger partial charge is 0.225 e. The molecule has 1 aromatic carbocycles. The highest BCUT2D eigenvalue weighted by Gasteiger charge is 2.35. The molecule has 1 aliphatic heterocycles. The summed E-state index contributed by atoms with van der Waals surface area (Å²) in [6.07, 6.45) is 0.330. The van der Waals surface area contributed by atoms with Crippen LogP contribution in [0.1, 0.15) is 51.2 Å². The van der Waals surface area contributed by atoms with Crippen LogP contribution in [0.4, 0.5) is 0 Å². The Hall–Kier alpha value is -1.84. The number of carbonyl (C=O) groups is 2. The number of rotatable bonds is 5. The van der Waals surface area contributed by atoms with Gasteiger partial charge in [0, 0.05) is 25.6 Å². The number of likely N-dealkylation sites (tertiary alicyclic amines) is 1. The molecular weight excluding hydrogens is 276 g/mol. The van der Waals surface area contributed by atoms with Crippen LogP contribution in [-0.4, -0.2) is 29.3 Å². The summed E-state index contributed by atoms with van der Waals surface area (Å²) in [6, 6.07) is 8.47. The highest BCUT2D eigenvalue weighted by molar-refractivity contribution is 5.89. The summed E-state index contributed by atoms with van der Waals surface area (Å²) >= 11 is 0. The van der Waals surface area contributed by atoms with E-state index in [1.165, 1.54) is 5.56 Å². The Kier molecular flexibility index (Phi) is 5.22. The molecule has 1 aromatic rings. The predicted molar refractivity (Wildman–Crippen MR) is 87.3 cm³/mol. The van der Waals surface area contributed by atoms with Gasteiger partial charge >= 0.3 is 0 Å². The lowest BCUT2D eigenvalue weighted by Gasteiger charge is -2.20. The van der Waals surface area contributed by atoms with Gasteiger partial charge in [-0.25, -0.2) is 0 Å². The third-order valence-electron chi connectivity index (χ3n) is 4.27. The molecule has 2 amide bonds. The van der Waals surface area contributed by atoms with Gasteiger partial charge in [-0.05, 0) is 30.9 Å². The summed E-state index contributed by atoms with van der Waals surface area (Å²) in [5, 5.41) is 2.95. The summed E-state index contributed by atoms with van der Waals surface area (Å²) in [5.41, 5.74) is 2.38. The first kappa shape index (κ1) is 16.5. The lowest BCUT2D eigenvalue weighted by atomic mass is 10.0. The molecule has 0 unspecified atom stereocenters. The van der Waals surface area contributed by atoms with Crippen molar-refractivity contribution in [2.24, 2.45) is 5.92 Å². The van der Waals surface area contributed by atoms with Gasteiger partial charge in [-0.3, -0.25) is 9.59 Å². The van der Waals surface area contributed by atoms with Crippen molar-refractivity contribution in [3.8, 4) is 0 Å². The van der Waals surface area contributed by atoms with Gasteiger partial charge in [-0.1, -0.05) is 38.1 Å². The number of nitrogens with one attached hydrogen (secondary N) is 1. The Morgan fingerprint density at radius 2 is 1.86 bits per heavy atom. The van der Waals surface area contributed by atoms with E-state index in [1.807, 2.05) is 13.8 Å². The molecule has 2 rings (SSSR count). The summed E-state index contributed by atoms with van der Waals surface area (Å²) in [6.45, 7) is 9.34. The molecule has 1 aliphatic rings. The number of benzene rings is 1. The number of hydrogen-bond acceptors (Lipinski definition) is 2. The average molecular weight is 302 g/mol. The number of hydrogen-bond donors (Lipinski definition) is 1. The maximum absolute atomic E-state index is 12.2. The Morgan fingerprint density at radius 3 is 2.36 bits per heavy atom. The Labute approximate surface area is 132 Å². The molecule has 0 radical (unpaired) electrons. The van der Waals surface area contributed by atoms with Gasteiger partial charge in [0.05, 0.1) is 5.92 Å². The molecule has 4 heteroatoms. The third-order valence-corrected chi connectivity index (χ3v) is 4.27. The molecule has 0 aromatic heterocycles. The minimum Gasteiger partial charge on any atom is -0.352 e. The molecule has 1 N–H and O–H groups in total. The van der Waals surface area contributed by atoms with Crippen molar-refractivity contribution >= 4 is 11.8 Å². The molecule has 1 heterocycles. The quantitative estimate of drug-likeness (QED) is 0.909. The van der Waals surface area contributed by atoms with E-state index in [9.17, 15) is 9.59 Å². The van der Waals surface area contributed by atoms with Crippen molar-refractivity contribution in [1.82, 2.24) is 10.2 Å². The van der Waals surface area contributed by atoms with E-state index in [2.05, 4.69) is 43.4 Å². The van der Waals surface area contributed by atoms with E-state index in [1.54, 1.807) is 4.90 Å². The molecule has 120 valence electrons. The fourth-order valence-corrected chi connectivity index (χ4v) is 2.76. The van der Waals surface area contributed by atoms with Gasteiger partial charge in [-0.15, -0.1) is 0 Å². The zero-order valence-electron chi connectivity index (χ0n) is 13.9. The van der Waals surface area contributed by atoms with Gasteiger partial charge in [-0.2, -0.15) is 0 Å². The van der Waals surface area contributed by atoms with Crippen molar-refractivity contribution < 1.29 is 9.59 Å². The lowest BCUT2D eigenvalue weighted by Crippen LogP contribution is -2.35. The Bertz CT molecular complexity index is 535. The van der Waals surface area contributed by atoms with Crippen LogP contribution in [0.5, 0.6) is 0 Å². The molecule has 1 fully saturated rings. The van der Waals surface area contributed by atoms with Gasteiger partial charge in [0.15, 0.2) is 0 Å². The zero-order valence-corrected chi connectivity index (χ0v) is 13.9. The van der Waals surface area contributed by atoms with E-state index in [0.29, 0.717) is 25.4 Å². The van der Waals surface area contributed by atoms with E-state index >= 15 is 0 Å². The number of amides is 2. The Morgan fingerprint density at radius 1 is 1.23 bits per heavy atom. The largest absolute Gasteiger partial charge is 0.352 e. The third kappa shape index (κ3) is 3.87. The SMILES string of the molecule is CC(C)c1ccc(CNC(=O)[C@@H]2CC(=O)N(C(C)C)C2)cc1. The van der Waals surface area contributed by atoms with Crippen LogP contribution in [-0.2, 0) is 16.1 Å². The van der Waals surface area contributed by atoms with Crippen molar-refractivity contribution in [3.05, 3.63) is 35.4 Å². The normalized spacial score (nSPS) is 18.4. The van der Waals surface area contributed by atoms with E-state index in [4.69, 9.17) is 0 Å². The summed E-state index contributed by atoms with van der Waals surface area (Å²) in [4.78, 5) is 25.8. The molecule has 0 bridgehead atoms. The fraction of sp³-hybridized carbons (Fsp3) is 0.556. The molecule has 0 aliphatic carbocycles. The molecule has 4 nitrogen and oxygen atoms in total. The summed E-state index contributed by atoms with van der Waals surface area (Å²) in [7, 11) is 0. The molecule has 1 atom stereocenters. The minimum atomic E-state index is -0.218. The molecule has 0 saturated carbocycles.